The van der Waals surface area contributed by atoms with Crippen molar-refractivity contribution in [1.82, 2.24) is 0 Å². The summed E-state index contributed by atoms with van der Waals surface area (Å²) < 4.78 is 18.4. The smallest absolute Gasteiger partial charge is 0.123 e. The van der Waals surface area contributed by atoms with E-state index in [2.05, 4.69) is 12.1 Å². The Morgan fingerprint density at radius 2 is 1.75 bits per heavy atom. The molecule has 0 spiro atoms. The van der Waals surface area contributed by atoms with Crippen LogP contribution in [0, 0.1) is 5.82 Å². The lowest BCUT2D eigenvalue weighted by atomic mass is 9.98. The summed E-state index contributed by atoms with van der Waals surface area (Å²) in [5, 5.41) is 9.19. The fourth-order valence-electron chi connectivity index (χ4n) is 2.30. The zero-order chi connectivity index (χ0) is 17.4. The second-order valence-corrected chi connectivity index (χ2v) is 7.69. The highest BCUT2D eigenvalue weighted by molar-refractivity contribution is 7.11. The van der Waals surface area contributed by atoms with Gasteiger partial charge in [-0.05, 0) is 75.4 Å². The largest absolute Gasteiger partial charge is 0.494 e. The summed E-state index contributed by atoms with van der Waals surface area (Å²) in [6.45, 7) is 2.54. The van der Waals surface area contributed by atoms with Crippen LogP contribution in [-0.2, 0) is 12.8 Å². The standard InChI is InChI=1S/C19H26FNO2S/c1-19(21,14-22)12-11-18-10-9-17(24-18)4-2-3-13-23-16-7-5-15(20)6-8-16/h5-10,22H,2-4,11-14,21H2,1H3. The van der Waals surface area contributed by atoms with Crippen LogP contribution in [0.15, 0.2) is 36.4 Å². The Morgan fingerprint density at radius 1 is 1.08 bits per heavy atom. The van der Waals surface area contributed by atoms with Crippen LogP contribution in [0.25, 0.3) is 0 Å². The first-order chi connectivity index (χ1) is 11.5. The Labute approximate surface area is 147 Å². The first-order valence-corrected chi connectivity index (χ1v) is 9.16. The third-order valence-electron chi connectivity index (χ3n) is 3.92. The number of halogens is 1. The van der Waals surface area contributed by atoms with Gasteiger partial charge in [0.05, 0.1) is 13.2 Å². The molecule has 0 amide bonds. The van der Waals surface area contributed by atoms with Crippen molar-refractivity contribution in [2.24, 2.45) is 5.73 Å². The van der Waals surface area contributed by atoms with Crippen molar-refractivity contribution in [3.8, 4) is 5.75 Å². The van der Waals surface area contributed by atoms with Crippen molar-refractivity contribution in [2.75, 3.05) is 13.2 Å². The van der Waals surface area contributed by atoms with Crippen LogP contribution in [0.3, 0.4) is 0 Å². The Kier molecular flexibility index (Phi) is 7.21. The van der Waals surface area contributed by atoms with E-state index in [1.807, 2.05) is 18.3 Å². The number of benzene rings is 1. The molecule has 0 aliphatic heterocycles. The molecule has 0 aliphatic carbocycles. The molecule has 24 heavy (non-hydrogen) atoms. The average Bonchev–Trinajstić information content (AvgIpc) is 3.02. The van der Waals surface area contributed by atoms with E-state index in [1.165, 1.54) is 21.9 Å². The summed E-state index contributed by atoms with van der Waals surface area (Å²) in [5.41, 5.74) is 5.46. The van der Waals surface area contributed by atoms with E-state index < -0.39 is 5.54 Å². The number of nitrogens with two attached hydrogens (primary N) is 1. The lowest BCUT2D eigenvalue weighted by Gasteiger charge is -2.20. The number of aliphatic hydroxyl groups is 1. The van der Waals surface area contributed by atoms with Gasteiger partial charge in [0.2, 0.25) is 0 Å². The van der Waals surface area contributed by atoms with Crippen molar-refractivity contribution in [1.29, 1.82) is 0 Å². The fraction of sp³-hybridized carbons (Fsp3) is 0.474. The van der Waals surface area contributed by atoms with Gasteiger partial charge in [0.15, 0.2) is 0 Å². The molecule has 132 valence electrons. The monoisotopic (exact) mass is 351 g/mol. The number of ether oxygens (including phenoxy) is 1. The lowest BCUT2D eigenvalue weighted by molar-refractivity contribution is 0.201. The molecule has 0 bridgehead atoms. The first kappa shape index (κ1) is 18.9. The quantitative estimate of drug-likeness (QED) is 0.638. The highest BCUT2D eigenvalue weighted by atomic mass is 32.1. The SMILES string of the molecule is CC(N)(CO)CCc1ccc(CCCCOc2ccc(F)cc2)s1. The molecule has 0 radical (unpaired) electrons. The summed E-state index contributed by atoms with van der Waals surface area (Å²) >= 11 is 1.82. The molecule has 1 atom stereocenters. The van der Waals surface area contributed by atoms with Crippen molar-refractivity contribution in [3.05, 3.63) is 52.0 Å². The van der Waals surface area contributed by atoms with Crippen molar-refractivity contribution in [2.45, 2.75) is 44.6 Å². The molecule has 3 N–H and O–H groups in total. The molecule has 0 fully saturated rings. The van der Waals surface area contributed by atoms with Crippen molar-refractivity contribution >= 4 is 11.3 Å². The van der Waals surface area contributed by atoms with E-state index in [0.29, 0.717) is 12.4 Å². The Balaban J connectivity index is 1.63. The highest BCUT2D eigenvalue weighted by Crippen LogP contribution is 2.22. The molecule has 0 saturated carbocycles. The van der Waals surface area contributed by atoms with Gasteiger partial charge in [-0.15, -0.1) is 11.3 Å². The molecule has 1 aromatic carbocycles. The Morgan fingerprint density at radius 3 is 2.42 bits per heavy atom. The van der Waals surface area contributed by atoms with E-state index in [0.717, 1.165) is 32.1 Å². The van der Waals surface area contributed by atoms with Gasteiger partial charge in [-0.2, -0.15) is 0 Å². The summed E-state index contributed by atoms with van der Waals surface area (Å²) in [7, 11) is 0. The maximum Gasteiger partial charge on any atom is 0.123 e. The lowest BCUT2D eigenvalue weighted by Crippen LogP contribution is -2.40. The molecule has 1 unspecified atom stereocenters. The van der Waals surface area contributed by atoms with Gasteiger partial charge >= 0.3 is 0 Å². The molecule has 2 aromatic rings. The average molecular weight is 351 g/mol. The molecule has 0 aliphatic rings. The second kappa shape index (κ2) is 9.16. The van der Waals surface area contributed by atoms with Crippen LogP contribution < -0.4 is 10.5 Å². The van der Waals surface area contributed by atoms with E-state index in [4.69, 9.17) is 10.5 Å². The minimum atomic E-state index is -0.498. The first-order valence-electron chi connectivity index (χ1n) is 8.34. The third-order valence-corrected chi connectivity index (χ3v) is 5.13. The number of aliphatic hydroxyl groups excluding tert-OH is 1. The molecule has 0 saturated heterocycles. The summed E-state index contributed by atoms with van der Waals surface area (Å²) in [6, 6.07) is 10.4. The number of hydrogen-bond acceptors (Lipinski definition) is 4. The molecule has 1 aromatic heterocycles. The number of hydrogen-bond donors (Lipinski definition) is 2. The summed E-state index contributed by atoms with van der Waals surface area (Å²) in [5.74, 6) is 0.466. The minimum absolute atomic E-state index is 0.0132. The molecular weight excluding hydrogens is 325 g/mol. The van der Waals surface area contributed by atoms with E-state index >= 15 is 0 Å². The normalized spacial score (nSPS) is 13.7. The minimum Gasteiger partial charge on any atom is -0.494 e. The number of aryl methyl sites for hydroxylation is 2. The molecule has 1 heterocycles. The molecule has 3 nitrogen and oxygen atoms in total. The molecular formula is C19H26FNO2S. The molecule has 5 heteroatoms. The second-order valence-electron chi connectivity index (χ2n) is 6.44. The van der Waals surface area contributed by atoms with Gasteiger partial charge in [-0.25, -0.2) is 4.39 Å². The van der Waals surface area contributed by atoms with Gasteiger partial charge in [-0.1, -0.05) is 0 Å². The number of unbranched alkanes of at least 4 members (excludes halogenated alkanes) is 1. The van der Waals surface area contributed by atoms with Crippen LogP contribution in [-0.4, -0.2) is 23.9 Å². The van der Waals surface area contributed by atoms with Gasteiger partial charge in [-0.3, -0.25) is 0 Å². The van der Waals surface area contributed by atoms with Crippen LogP contribution >= 0.6 is 11.3 Å². The highest BCUT2D eigenvalue weighted by Gasteiger charge is 2.16. The zero-order valence-electron chi connectivity index (χ0n) is 14.1. The maximum absolute atomic E-state index is 12.8. The fourth-order valence-corrected chi connectivity index (χ4v) is 3.36. The van der Waals surface area contributed by atoms with Gasteiger partial charge < -0.3 is 15.6 Å². The predicted molar refractivity (Wildman–Crippen MR) is 97.2 cm³/mol. The van der Waals surface area contributed by atoms with Crippen molar-refractivity contribution < 1.29 is 14.2 Å². The number of rotatable bonds is 10. The zero-order valence-corrected chi connectivity index (χ0v) is 14.9. The topological polar surface area (TPSA) is 55.5 Å². The van der Waals surface area contributed by atoms with Crippen LogP contribution in [0.5, 0.6) is 5.75 Å². The molecule has 2 rings (SSSR count). The van der Waals surface area contributed by atoms with Gasteiger partial charge in [0.1, 0.15) is 11.6 Å². The number of thiophene rings is 1. The van der Waals surface area contributed by atoms with Gasteiger partial charge in [0, 0.05) is 15.3 Å². The predicted octanol–water partition coefficient (Wildman–Crippen LogP) is 3.93. The summed E-state index contributed by atoms with van der Waals surface area (Å²) in [6.07, 6.45) is 4.76. The van der Waals surface area contributed by atoms with Crippen LogP contribution in [0.4, 0.5) is 4.39 Å². The van der Waals surface area contributed by atoms with Crippen LogP contribution in [0.1, 0.15) is 35.9 Å². The van der Waals surface area contributed by atoms with E-state index in [-0.39, 0.29) is 12.4 Å². The van der Waals surface area contributed by atoms with Gasteiger partial charge in [0.25, 0.3) is 0 Å². The Bertz CT molecular complexity index is 610. The third kappa shape index (κ3) is 6.59. The van der Waals surface area contributed by atoms with E-state index in [1.54, 1.807) is 12.1 Å². The Hall–Kier alpha value is -1.43. The summed E-state index contributed by atoms with van der Waals surface area (Å²) in [4.78, 5) is 2.69. The van der Waals surface area contributed by atoms with E-state index in [9.17, 15) is 9.50 Å². The van der Waals surface area contributed by atoms with Crippen molar-refractivity contribution in [3.63, 3.8) is 0 Å². The van der Waals surface area contributed by atoms with Crippen LogP contribution in [0.2, 0.25) is 0 Å². The maximum atomic E-state index is 12.8.